The van der Waals surface area contributed by atoms with Crippen LogP contribution in [0.15, 0.2) is 0 Å². The van der Waals surface area contributed by atoms with Gasteiger partial charge in [-0.25, -0.2) is 0 Å². The zero-order valence-electron chi connectivity index (χ0n) is 10.7. The third-order valence-corrected chi connectivity index (χ3v) is 4.33. The van der Waals surface area contributed by atoms with E-state index >= 15 is 0 Å². The van der Waals surface area contributed by atoms with Crippen molar-refractivity contribution in [2.75, 3.05) is 6.61 Å². The Morgan fingerprint density at radius 3 is 2.69 bits per heavy atom. The number of hydrogen-bond donors (Lipinski definition) is 0. The van der Waals surface area contributed by atoms with E-state index in [1.165, 1.54) is 25.7 Å². The second kappa shape index (κ2) is 5.50. The molecule has 2 heteroatoms. The molecule has 4 unspecified atom stereocenters. The van der Waals surface area contributed by atoms with Crippen LogP contribution in [0.5, 0.6) is 0 Å². The van der Waals surface area contributed by atoms with Crippen LogP contribution in [0, 0.1) is 17.8 Å². The average molecular weight is 227 g/mol. The summed E-state index contributed by atoms with van der Waals surface area (Å²) in [4.78, 5) is 0. The number of fused-ring (bicyclic) bond motifs is 1. The van der Waals surface area contributed by atoms with Gasteiger partial charge in [0, 0.05) is 6.92 Å². The summed E-state index contributed by atoms with van der Waals surface area (Å²) in [6, 6.07) is 0. The Kier molecular flexibility index (Phi) is 4.26. The minimum absolute atomic E-state index is 0.0720. The van der Waals surface area contributed by atoms with E-state index in [0.717, 1.165) is 37.2 Å². The van der Waals surface area contributed by atoms with Gasteiger partial charge in [0.1, 0.15) is 6.10 Å². The lowest BCUT2D eigenvalue weighted by Gasteiger charge is -2.24. The number of rotatable bonds is 6. The summed E-state index contributed by atoms with van der Waals surface area (Å²) < 4.78 is 5.96. The molecule has 2 rings (SSSR count). The molecule has 94 valence electrons. The maximum absolute atomic E-state index is 7.78. The van der Waals surface area contributed by atoms with Crippen LogP contribution in [0.2, 0.25) is 0 Å². The van der Waals surface area contributed by atoms with Crippen molar-refractivity contribution < 1.29 is 9.84 Å². The molecule has 16 heavy (non-hydrogen) atoms. The Labute approximate surface area is 99.4 Å². The van der Waals surface area contributed by atoms with Gasteiger partial charge in [0.2, 0.25) is 0 Å². The lowest BCUT2D eigenvalue weighted by Crippen LogP contribution is -2.29. The van der Waals surface area contributed by atoms with Gasteiger partial charge in [0.15, 0.2) is 6.10 Å². The first-order valence-electron chi connectivity index (χ1n) is 7.03. The summed E-state index contributed by atoms with van der Waals surface area (Å²) in [5, 5.41) is 7.78. The molecule has 2 aliphatic rings. The summed E-state index contributed by atoms with van der Waals surface area (Å²) >= 11 is 0. The molecule has 0 aliphatic heterocycles. The fraction of sp³-hybridized carbons (Fsp3) is 1.00. The van der Waals surface area contributed by atoms with Crippen molar-refractivity contribution in [2.24, 2.45) is 17.8 Å². The van der Waals surface area contributed by atoms with E-state index in [0.29, 0.717) is 0 Å². The lowest BCUT2D eigenvalue weighted by atomic mass is 9.90. The van der Waals surface area contributed by atoms with Gasteiger partial charge < -0.3 is 9.84 Å². The highest BCUT2D eigenvalue weighted by molar-refractivity contribution is 4.92. The Hall–Kier alpha value is -0.0800. The highest BCUT2D eigenvalue weighted by atomic mass is 16.5. The Balaban J connectivity index is 1.68. The van der Waals surface area contributed by atoms with E-state index in [4.69, 9.17) is 9.84 Å². The molecule has 2 saturated carbocycles. The summed E-state index contributed by atoms with van der Waals surface area (Å²) in [6.07, 6.45) is 7.96. The Morgan fingerprint density at radius 2 is 2.06 bits per heavy atom. The molecular formula is C14H27O2+. The first-order valence-corrected chi connectivity index (χ1v) is 7.03. The van der Waals surface area contributed by atoms with Gasteiger partial charge in [-0.1, -0.05) is 13.3 Å². The van der Waals surface area contributed by atoms with Gasteiger partial charge in [-0.3, -0.25) is 0 Å². The van der Waals surface area contributed by atoms with Crippen LogP contribution >= 0.6 is 0 Å². The molecule has 0 aromatic heterocycles. The van der Waals surface area contributed by atoms with Crippen molar-refractivity contribution in [3.05, 3.63) is 0 Å². The third-order valence-electron chi connectivity index (χ3n) is 4.33. The highest BCUT2D eigenvalue weighted by Gasteiger charge is 2.42. The molecule has 2 fully saturated rings. The predicted molar refractivity (Wildman–Crippen MR) is 66.7 cm³/mol. The minimum Gasteiger partial charge on any atom is -0.441 e. The van der Waals surface area contributed by atoms with E-state index in [-0.39, 0.29) is 12.2 Å². The van der Waals surface area contributed by atoms with E-state index in [2.05, 4.69) is 6.92 Å². The third kappa shape index (κ3) is 3.21. The normalized spacial score (nSPS) is 36.6. The quantitative estimate of drug-likeness (QED) is 0.642. The van der Waals surface area contributed by atoms with Gasteiger partial charge in [-0.15, -0.1) is 0 Å². The molecule has 2 nitrogen and oxygen atoms in total. The lowest BCUT2D eigenvalue weighted by molar-refractivity contribution is -0.0505. The molecule has 0 aromatic carbocycles. The maximum atomic E-state index is 7.78. The highest BCUT2D eigenvalue weighted by Crippen LogP contribution is 2.51. The van der Waals surface area contributed by atoms with Crippen LogP contribution in [0.3, 0.4) is 0 Å². The second-order valence-corrected chi connectivity index (χ2v) is 5.88. The SMILES string of the molecule is CCCC(OCC1CCC2CC2C1)[C@H](C)[OH2+]. The standard InChI is InChI=1S/C14H26O2/c1-3-4-14(10(2)15)16-9-11-5-6-12-8-13(12)7-11/h10-15H,3-9H2,1-2H3/p+1/t10-,11?,12?,13?,14?/m0/s1. The summed E-state index contributed by atoms with van der Waals surface area (Å²) in [5.74, 6) is 2.92. The van der Waals surface area contributed by atoms with Crippen LogP contribution in [0.25, 0.3) is 0 Å². The van der Waals surface area contributed by atoms with Crippen LogP contribution in [-0.4, -0.2) is 23.9 Å². The van der Waals surface area contributed by atoms with Gasteiger partial charge in [-0.05, 0) is 49.9 Å². The molecule has 2 aliphatic carbocycles. The van der Waals surface area contributed by atoms with Gasteiger partial charge >= 0.3 is 0 Å². The van der Waals surface area contributed by atoms with Crippen LogP contribution in [0.4, 0.5) is 0 Å². The number of hydrogen-bond acceptors (Lipinski definition) is 1. The van der Waals surface area contributed by atoms with E-state index in [9.17, 15) is 0 Å². The molecule has 5 atom stereocenters. The first kappa shape index (κ1) is 12.4. The van der Waals surface area contributed by atoms with Crippen molar-refractivity contribution in [1.29, 1.82) is 0 Å². The predicted octanol–water partition coefficient (Wildman–Crippen LogP) is 2.72. The Morgan fingerprint density at radius 1 is 1.25 bits per heavy atom. The zero-order chi connectivity index (χ0) is 11.5. The summed E-state index contributed by atoms with van der Waals surface area (Å²) in [6.45, 7) is 5.05. The van der Waals surface area contributed by atoms with Gasteiger partial charge in [-0.2, -0.15) is 0 Å². The van der Waals surface area contributed by atoms with Gasteiger partial charge in [0.05, 0.1) is 6.61 Å². The first-order chi connectivity index (χ1) is 7.70. The maximum Gasteiger partial charge on any atom is 0.177 e. The molecule has 0 heterocycles. The van der Waals surface area contributed by atoms with E-state index in [1.807, 2.05) is 6.92 Å². The molecule has 0 amide bonds. The number of ether oxygens (including phenoxy) is 1. The van der Waals surface area contributed by atoms with Crippen molar-refractivity contribution in [3.8, 4) is 0 Å². The molecule has 0 spiro atoms. The fourth-order valence-electron chi connectivity index (χ4n) is 3.12. The molecule has 0 bridgehead atoms. The zero-order valence-corrected chi connectivity index (χ0v) is 10.7. The minimum atomic E-state index is -0.0720. The average Bonchev–Trinajstić information content (AvgIpc) is 3.01. The molecule has 2 N–H and O–H groups in total. The fourth-order valence-corrected chi connectivity index (χ4v) is 3.12. The van der Waals surface area contributed by atoms with Crippen LogP contribution < -0.4 is 0 Å². The molecule has 0 aromatic rings. The van der Waals surface area contributed by atoms with Crippen molar-refractivity contribution in [1.82, 2.24) is 0 Å². The van der Waals surface area contributed by atoms with Crippen molar-refractivity contribution in [2.45, 2.75) is 64.6 Å². The van der Waals surface area contributed by atoms with E-state index < -0.39 is 0 Å². The van der Waals surface area contributed by atoms with Gasteiger partial charge in [0.25, 0.3) is 0 Å². The van der Waals surface area contributed by atoms with Crippen molar-refractivity contribution in [3.63, 3.8) is 0 Å². The Bertz CT molecular complexity index is 215. The summed E-state index contributed by atoms with van der Waals surface area (Å²) in [7, 11) is 0. The largest absolute Gasteiger partial charge is 0.441 e. The van der Waals surface area contributed by atoms with Crippen LogP contribution in [0.1, 0.15) is 52.4 Å². The van der Waals surface area contributed by atoms with Crippen LogP contribution in [-0.2, 0) is 4.74 Å². The smallest absolute Gasteiger partial charge is 0.177 e. The topological polar surface area (TPSA) is 32.1 Å². The molecule has 0 radical (unpaired) electrons. The monoisotopic (exact) mass is 227 g/mol. The van der Waals surface area contributed by atoms with Crippen molar-refractivity contribution >= 4 is 0 Å². The summed E-state index contributed by atoms with van der Waals surface area (Å²) in [5.41, 5.74) is 0. The second-order valence-electron chi connectivity index (χ2n) is 5.88. The molecule has 0 saturated heterocycles. The van der Waals surface area contributed by atoms with E-state index in [1.54, 1.807) is 0 Å². The molecular weight excluding hydrogens is 200 g/mol.